The zero-order valence-corrected chi connectivity index (χ0v) is 7.63. The summed E-state index contributed by atoms with van der Waals surface area (Å²) in [6.45, 7) is -4.98. The molecule has 0 radical (unpaired) electrons. The molecule has 0 heterocycles. The topological polar surface area (TPSA) is 0 Å². The quantitative estimate of drug-likeness (QED) is 0.433. The Bertz CT molecular complexity index is 324. The van der Waals surface area contributed by atoms with E-state index in [0.717, 1.165) is 18.2 Å². The van der Waals surface area contributed by atoms with Crippen LogP contribution in [0.3, 0.4) is 0 Å². The van der Waals surface area contributed by atoms with E-state index >= 15 is 0 Å². The van der Waals surface area contributed by atoms with E-state index < -0.39 is 24.3 Å². The van der Waals surface area contributed by atoms with Gasteiger partial charge in [-0.1, -0.05) is 0 Å². The minimum atomic E-state index is -4.98. The van der Waals surface area contributed by atoms with Crippen LogP contribution < -0.4 is 0 Å². The van der Waals surface area contributed by atoms with Crippen LogP contribution in [-0.4, -0.2) is 12.6 Å². The molecule has 0 aliphatic heterocycles. The van der Waals surface area contributed by atoms with Gasteiger partial charge < -0.3 is 12.9 Å². The lowest BCUT2D eigenvalue weighted by Gasteiger charge is -2.12. The maximum Gasteiger partial charge on any atom is 0.488 e. The van der Waals surface area contributed by atoms with E-state index in [1.807, 2.05) is 0 Å². The summed E-state index contributed by atoms with van der Waals surface area (Å²) in [5.74, 6) is -1.58. The summed E-state index contributed by atoms with van der Waals surface area (Å²) in [6.07, 6.45) is 0. The average molecular weight is 227 g/mol. The summed E-state index contributed by atoms with van der Waals surface area (Å²) in [5, 5.41) is 0. The van der Waals surface area contributed by atoms with E-state index in [0.29, 0.717) is 0 Å². The molecule has 7 heteroatoms. The number of hydrogen-bond acceptors (Lipinski definition) is 1. The van der Waals surface area contributed by atoms with Crippen LogP contribution in [0.4, 0.5) is 21.7 Å². The van der Waals surface area contributed by atoms with Gasteiger partial charge in [0.15, 0.2) is 0 Å². The molecular formula is C7H5BF5S-. The molecule has 0 fully saturated rings. The first-order valence-electron chi connectivity index (χ1n) is 3.67. The Morgan fingerprint density at radius 3 is 2.36 bits per heavy atom. The first-order valence-corrected chi connectivity index (χ1v) is 4.66. The molecule has 0 spiro atoms. The largest absolute Gasteiger partial charge is 0.488 e. The summed E-state index contributed by atoms with van der Waals surface area (Å²) in [4.78, 5) is -0.316. The van der Waals surface area contributed by atoms with E-state index in [1.54, 1.807) is 0 Å². The zero-order chi connectivity index (χ0) is 10.8. The molecule has 0 unspecified atom stereocenters. The Balaban J connectivity index is 2.72. The van der Waals surface area contributed by atoms with Gasteiger partial charge in [-0.3, -0.25) is 0 Å². The highest BCUT2D eigenvalue weighted by molar-refractivity contribution is 8.00. The fourth-order valence-corrected chi connectivity index (χ4v) is 1.54. The normalized spacial score (nSPS) is 11.8. The van der Waals surface area contributed by atoms with Crippen molar-refractivity contribution in [1.29, 1.82) is 0 Å². The summed E-state index contributed by atoms with van der Waals surface area (Å²) in [5.41, 5.74) is -1.17. The van der Waals surface area contributed by atoms with Crippen molar-refractivity contribution in [3.63, 3.8) is 0 Å². The van der Waals surface area contributed by atoms with Gasteiger partial charge in [-0.2, -0.15) is 11.8 Å². The molecule has 0 aliphatic carbocycles. The van der Waals surface area contributed by atoms with Crippen LogP contribution >= 0.6 is 11.8 Å². The van der Waals surface area contributed by atoms with Crippen LogP contribution in [0.1, 0.15) is 0 Å². The minimum absolute atomic E-state index is 0.256. The molecule has 1 aromatic rings. The van der Waals surface area contributed by atoms with Crippen molar-refractivity contribution >= 4 is 18.7 Å². The molecule has 0 saturated heterocycles. The summed E-state index contributed by atoms with van der Waals surface area (Å²) < 4.78 is 60.7. The molecule has 0 saturated carbocycles. The monoisotopic (exact) mass is 227 g/mol. The number of thioether (sulfide) groups is 1. The molecule has 0 N–H and O–H groups in total. The predicted molar refractivity (Wildman–Crippen MR) is 46.2 cm³/mol. The third kappa shape index (κ3) is 3.57. The summed E-state index contributed by atoms with van der Waals surface area (Å²) in [7, 11) is 0. The predicted octanol–water partition coefficient (Wildman–Crippen LogP) is 3.44. The van der Waals surface area contributed by atoms with Crippen LogP contribution in [0.2, 0.25) is 0 Å². The fraction of sp³-hybridized carbons (Fsp3) is 0.143. The van der Waals surface area contributed by atoms with E-state index in [2.05, 4.69) is 0 Å². The van der Waals surface area contributed by atoms with Gasteiger partial charge in [0.1, 0.15) is 11.6 Å². The van der Waals surface area contributed by atoms with Crippen LogP contribution in [0.25, 0.3) is 0 Å². The van der Waals surface area contributed by atoms with Crippen LogP contribution in [0.15, 0.2) is 23.1 Å². The van der Waals surface area contributed by atoms with Gasteiger partial charge in [0.2, 0.25) is 0 Å². The second-order valence-electron chi connectivity index (χ2n) is 2.60. The Labute approximate surface area is 81.6 Å². The first kappa shape index (κ1) is 11.4. The van der Waals surface area contributed by atoms with E-state index in [4.69, 9.17) is 0 Å². The van der Waals surface area contributed by atoms with Gasteiger partial charge >= 0.3 is 6.98 Å². The summed E-state index contributed by atoms with van der Waals surface area (Å²) >= 11 is 0.256. The lowest BCUT2D eigenvalue weighted by Crippen LogP contribution is -2.19. The van der Waals surface area contributed by atoms with Gasteiger partial charge in [0, 0.05) is 4.90 Å². The van der Waals surface area contributed by atoms with Crippen molar-refractivity contribution in [1.82, 2.24) is 0 Å². The molecule has 0 nitrogen and oxygen atoms in total. The van der Waals surface area contributed by atoms with Crippen LogP contribution in [0, 0.1) is 11.6 Å². The van der Waals surface area contributed by atoms with E-state index in [9.17, 15) is 21.7 Å². The molecule has 0 aliphatic rings. The van der Waals surface area contributed by atoms with Gasteiger partial charge in [-0.15, -0.1) is 0 Å². The van der Waals surface area contributed by atoms with Crippen LogP contribution in [-0.2, 0) is 0 Å². The van der Waals surface area contributed by atoms with E-state index in [-0.39, 0.29) is 16.7 Å². The Kier molecular flexibility index (Phi) is 3.41. The number of hydrogen-bond donors (Lipinski definition) is 0. The third-order valence-corrected chi connectivity index (χ3v) is 2.49. The van der Waals surface area contributed by atoms with Gasteiger partial charge in [0.25, 0.3) is 0 Å². The first-order chi connectivity index (χ1) is 6.38. The smallest absolute Gasteiger partial charge is 0.448 e. The third-order valence-electron chi connectivity index (χ3n) is 1.32. The van der Waals surface area contributed by atoms with E-state index in [1.165, 1.54) is 0 Å². The van der Waals surface area contributed by atoms with Gasteiger partial charge in [-0.05, 0) is 23.9 Å². The second kappa shape index (κ2) is 4.21. The molecule has 0 aromatic heterocycles. The standard InChI is InChI=1S/C7H5BF5S/c9-5-1-2-6(10)7(3-5)14-4-8(11,12)13/h1-3H,4H2/q-1. The number of halogens is 5. The fourth-order valence-electron chi connectivity index (χ4n) is 0.772. The molecule has 0 atom stereocenters. The number of rotatable bonds is 3. The summed E-state index contributed by atoms with van der Waals surface area (Å²) in [6, 6.07) is 2.42. The number of benzene rings is 1. The lowest BCUT2D eigenvalue weighted by molar-refractivity contribution is 0.485. The molecule has 1 rings (SSSR count). The second-order valence-corrected chi connectivity index (χ2v) is 3.66. The minimum Gasteiger partial charge on any atom is -0.448 e. The highest BCUT2D eigenvalue weighted by Crippen LogP contribution is 2.26. The average Bonchev–Trinajstić information content (AvgIpc) is 2.05. The molecule has 78 valence electrons. The highest BCUT2D eigenvalue weighted by Gasteiger charge is 2.23. The van der Waals surface area contributed by atoms with Crippen molar-refractivity contribution in [3.8, 4) is 0 Å². The van der Waals surface area contributed by atoms with Gasteiger partial charge in [0.05, 0.1) is 0 Å². The Morgan fingerprint density at radius 1 is 1.14 bits per heavy atom. The van der Waals surface area contributed by atoms with Crippen LogP contribution in [0.5, 0.6) is 0 Å². The zero-order valence-electron chi connectivity index (χ0n) is 6.81. The maximum absolute atomic E-state index is 12.8. The van der Waals surface area contributed by atoms with Crippen molar-refractivity contribution in [2.75, 3.05) is 5.65 Å². The van der Waals surface area contributed by atoms with Crippen molar-refractivity contribution < 1.29 is 21.7 Å². The van der Waals surface area contributed by atoms with Crippen molar-refractivity contribution in [3.05, 3.63) is 29.8 Å². The molecule has 1 aromatic carbocycles. The van der Waals surface area contributed by atoms with Crippen molar-refractivity contribution in [2.45, 2.75) is 4.90 Å². The molecule has 0 bridgehead atoms. The molecular weight excluding hydrogens is 222 g/mol. The Morgan fingerprint density at radius 2 is 1.79 bits per heavy atom. The van der Waals surface area contributed by atoms with Crippen molar-refractivity contribution in [2.24, 2.45) is 0 Å². The molecule has 0 amide bonds. The van der Waals surface area contributed by atoms with Gasteiger partial charge in [-0.25, -0.2) is 8.78 Å². The molecule has 14 heavy (non-hydrogen) atoms. The Hall–Kier alpha value is -0.715. The highest BCUT2D eigenvalue weighted by atomic mass is 32.2. The SMILES string of the molecule is Fc1ccc(F)c(SC[B-](F)(F)F)c1. The lowest BCUT2D eigenvalue weighted by atomic mass is 9.98. The maximum atomic E-state index is 12.8.